The minimum atomic E-state index is -0.398. The summed E-state index contributed by atoms with van der Waals surface area (Å²) in [6, 6.07) is 10.6. The van der Waals surface area contributed by atoms with Gasteiger partial charge in [0.25, 0.3) is 11.1 Å². The third-order valence-electron chi connectivity index (χ3n) is 4.05. The number of aryl methyl sites for hydroxylation is 1. The molecule has 1 heterocycles. The Kier molecular flexibility index (Phi) is 6.16. The van der Waals surface area contributed by atoms with Crippen molar-refractivity contribution in [2.75, 3.05) is 20.3 Å². The van der Waals surface area contributed by atoms with Crippen LogP contribution in [0.2, 0.25) is 5.02 Å². The molecule has 0 saturated carbocycles. The fraction of sp³-hybridized carbons (Fsp3) is 0.200. The van der Waals surface area contributed by atoms with Crippen LogP contribution in [-0.4, -0.2) is 41.4 Å². The third kappa shape index (κ3) is 4.43. The van der Waals surface area contributed by atoms with Crippen molar-refractivity contribution in [1.29, 1.82) is 0 Å². The molecule has 0 aliphatic carbocycles. The molecule has 6 nitrogen and oxygen atoms in total. The molecule has 3 rings (SSSR count). The van der Waals surface area contributed by atoms with E-state index in [9.17, 15) is 14.7 Å². The van der Waals surface area contributed by atoms with Crippen molar-refractivity contribution in [3.63, 3.8) is 0 Å². The normalized spacial score (nSPS) is 15.4. The number of amides is 2. The van der Waals surface area contributed by atoms with Crippen molar-refractivity contribution in [2.24, 2.45) is 0 Å². The summed E-state index contributed by atoms with van der Waals surface area (Å²) in [5.74, 6) is 0.289. The number of carbonyl (C=O) groups is 2. The zero-order chi connectivity index (χ0) is 20.3. The van der Waals surface area contributed by atoms with Gasteiger partial charge in [-0.15, -0.1) is 0 Å². The minimum absolute atomic E-state index is 0.0938. The molecular formula is C20H18ClNO5S. The van der Waals surface area contributed by atoms with Crippen LogP contribution in [-0.2, 0) is 4.79 Å². The van der Waals surface area contributed by atoms with Gasteiger partial charge in [-0.25, -0.2) is 0 Å². The van der Waals surface area contributed by atoms with Crippen molar-refractivity contribution in [1.82, 2.24) is 4.90 Å². The lowest BCUT2D eigenvalue weighted by Crippen LogP contribution is -2.32. The van der Waals surface area contributed by atoms with E-state index in [1.807, 2.05) is 31.2 Å². The fourth-order valence-electron chi connectivity index (χ4n) is 2.57. The van der Waals surface area contributed by atoms with Gasteiger partial charge < -0.3 is 14.6 Å². The molecule has 0 aromatic heterocycles. The van der Waals surface area contributed by atoms with E-state index in [1.54, 1.807) is 6.08 Å². The van der Waals surface area contributed by atoms with Crippen LogP contribution in [0.4, 0.5) is 4.79 Å². The zero-order valence-corrected chi connectivity index (χ0v) is 16.8. The molecule has 1 aliphatic rings. The number of halogens is 1. The topological polar surface area (TPSA) is 76.1 Å². The number of imide groups is 1. The molecule has 0 atom stereocenters. The third-order valence-corrected chi connectivity index (χ3v) is 5.24. The number of methoxy groups -OCH3 is 1. The number of hydrogen-bond donors (Lipinski definition) is 1. The first-order chi connectivity index (χ1) is 13.4. The SMILES string of the molecule is COc1cc(C=C2SC(=O)N(CCOc3ccc(C)cc3)C2=O)cc(Cl)c1O. The largest absolute Gasteiger partial charge is 0.503 e. The van der Waals surface area contributed by atoms with Crippen LogP contribution in [0.15, 0.2) is 41.3 Å². The van der Waals surface area contributed by atoms with E-state index in [-0.39, 0.29) is 39.8 Å². The summed E-state index contributed by atoms with van der Waals surface area (Å²) in [6.07, 6.45) is 1.54. The summed E-state index contributed by atoms with van der Waals surface area (Å²) in [6.45, 7) is 2.33. The molecule has 0 bridgehead atoms. The molecule has 1 N–H and O–H groups in total. The van der Waals surface area contributed by atoms with Gasteiger partial charge in [0, 0.05) is 0 Å². The van der Waals surface area contributed by atoms with Crippen LogP contribution in [0, 0.1) is 6.92 Å². The van der Waals surface area contributed by atoms with Crippen LogP contribution in [0.25, 0.3) is 6.08 Å². The number of phenolic OH excluding ortho intramolecular Hbond substituents is 1. The van der Waals surface area contributed by atoms with E-state index in [4.69, 9.17) is 21.1 Å². The van der Waals surface area contributed by atoms with Gasteiger partial charge in [0.2, 0.25) is 0 Å². The molecule has 28 heavy (non-hydrogen) atoms. The Hall–Kier alpha value is -2.64. The molecule has 2 aromatic carbocycles. The van der Waals surface area contributed by atoms with Crippen LogP contribution in [0.1, 0.15) is 11.1 Å². The Bertz CT molecular complexity index is 942. The first-order valence-corrected chi connectivity index (χ1v) is 9.60. The number of hydrogen-bond acceptors (Lipinski definition) is 6. The Morgan fingerprint density at radius 1 is 1.21 bits per heavy atom. The number of thioether (sulfide) groups is 1. The van der Waals surface area contributed by atoms with E-state index in [0.29, 0.717) is 11.3 Å². The van der Waals surface area contributed by atoms with Gasteiger partial charge >= 0.3 is 0 Å². The average Bonchev–Trinajstić information content (AvgIpc) is 2.93. The van der Waals surface area contributed by atoms with E-state index in [1.165, 1.54) is 19.2 Å². The van der Waals surface area contributed by atoms with Crippen molar-refractivity contribution in [2.45, 2.75) is 6.92 Å². The monoisotopic (exact) mass is 419 g/mol. The lowest BCUT2D eigenvalue weighted by molar-refractivity contribution is -0.123. The van der Waals surface area contributed by atoms with Gasteiger partial charge in [0.1, 0.15) is 12.4 Å². The Balaban J connectivity index is 1.68. The van der Waals surface area contributed by atoms with E-state index < -0.39 is 5.91 Å². The molecule has 146 valence electrons. The summed E-state index contributed by atoms with van der Waals surface area (Å²) >= 11 is 6.81. The van der Waals surface area contributed by atoms with Gasteiger partial charge in [0.15, 0.2) is 11.5 Å². The highest BCUT2D eigenvalue weighted by molar-refractivity contribution is 8.18. The number of carbonyl (C=O) groups excluding carboxylic acids is 2. The number of rotatable bonds is 6. The highest BCUT2D eigenvalue weighted by atomic mass is 35.5. The predicted molar refractivity (Wildman–Crippen MR) is 109 cm³/mol. The maximum Gasteiger partial charge on any atom is 0.293 e. The average molecular weight is 420 g/mol. The second kappa shape index (κ2) is 8.58. The molecule has 2 amide bonds. The van der Waals surface area contributed by atoms with Crippen molar-refractivity contribution < 1.29 is 24.2 Å². The molecule has 1 fully saturated rings. The molecule has 0 spiro atoms. The first kappa shape index (κ1) is 20.1. The second-order valence-corrected chi connectivity index (χ2v) is 7.45. The maximum atomic E-state index is 12.6. The van der Waals surface area contributed by atoms with Gasteiger partial charge in [-0.1, -0.05) is 29.3 Å². The molecule has 2 aromatic rings. The Labute approximate surface area is 171 Å². The zero-order valence-electron chi connectivity index (χ0n) is 15.3. The predicted octanol–water partition coefficient (Wildman–Crippen LogP) is 4.48. The number of phenols is 1. The Morgan fingerprint density at radius 2 is 1.93 bits per heavy atom. The lowest BCUT2D eigenvalue weighted by Gasteiger charge is -2.13. The van der Waals surface area contributed by atoms with Crippen molar-refractivity contribution in [3.8, 4) is 17.2 Å². The first-order valence-electron chi connectivity index (χ1n) is 8.40. The highest BCUT2D eigenvalue weighted by Gasteiger charge is 2.34. The van der Waals surface area contributed by atoms with Gasteiger partial charge in [0.05, 0.1) is 23.6 Å². The van der Waals surface area contributed by atoms with E-state index in [2.05, 4.69) is 0 Å². The quantitative estimate of drug-likeness (QED) is 0.696. The number of ether oxygens (including phenoxy) is 2. The van der Waals surface area contributed by atoms with Crippen LogP contribution >= 0.6 is 23.4 Å². The Morgan fingerprint density at radius 3 is 2.61 bits per heavy atom. The second-order valence-electron chi connectivity index (χ2n) is 6.05. The van der Waals surface area contributed by atoms with Crippen LogP contribution < -0.4 is 9.47 Å². The number of aromatic hydroxyl groups is 1. The van der Waals surface area contributed by atoms with E-state index >= 15 is 0 Å². The van der Waals surface area contributed by atoms with Crippen molar-refractivity contribution >= 4 is 40.6 Å². The molecule has 0 unspecified atom stereocenters. The van der Waals surface area contributed by atoms with Gasteiger partial charge in [-0.2, -0.15) is 0 Å². The van der Waals surface area contributed by atoms with Gasteiger partial charge in [-0.3, -0.25) is 14.5 Å². The lowest BCUT2D eigenvalue weighted by atomic mass is 10.2. The van der Waals surface area contributed by atoms with Crippen LogP contribution in [0.5, 0.6) is 17.2 Å². The number of benzene rings is 2. The highest BCUT2D eigenvalue weighted by Crippen LogP contribution is 2.37. The standard InChI is InChI=1S/C20H18ClNO5S/c1-12-3-5-14(6-4-12)27-8-7-22-19(24)17(28-20(22)25)11-13-9-15(21)18(23)16(10-13)26-2/h3-6,9-11,23H,7-8H2,1-2H3. The fourth-order valence-corrected chi connectivity index (χ4v) is 3.65. The summed E-state index contributed by atoms with van der Waals surface area (Å²) in [7, 11) is 1.40. The molecule has 0 radical (unpaired) electrons. The maximum absolute atomic E-state index is 12.6. The molecule has 1 saturated heterocycles. The minimum Gasteiger partial charge on any atom is -0.503 e. The molecule has 1 aliphatic heterocycles. The van der Waals surface area contributed by atoms with Gasteiger partial charge in [-0.05, 0) is 54.6 Å². The van der Waals surface area contributed by atoms with Crippen molar-refractivity contribution in [3.05, 3.63) is 57.5 Å². The smallest absolute Gasteiger partial charge is 0.293 e. The number of nitrogens with zero attached hydrogens (tertiary/aromatic N) is 1. The molecule has 8 heteroatoms. The molecular weight excluding hydrogens is 402 g/mol. The van der Waals surface area contributed by atoms with E-state index in [0.717, 1.165) is 22.2 Å². The summed E-state index contributed by atoms with van der Waals surface area (Å²) in [4.78, 5) is 26.2. The summed E-state index contributed by atoms with van der Waals surface area (Å²) in [5.41, 5.74) is 1.66. The summed E-state index contributed by atoms with van der Waals surface area (Å²) in [5, 5.41) is 9.53. The summed E-state index contributed by atoms with van der Waals surface area (Å²) < 4.78 is 10.6. The van der Waals surface area contributed by atoms with Crippen LogP contribution in [0.3, 0.4) is 0 Å².